The summed E-state index contributed by atoms with van der Waals surface area (Å²) in [7, 11) is 1.61. The highest BCUT2D eigenvalue weighted by Crippen LogP contribution is 2.27. The number of aromatic nitrogens is 2. The Hall–Kier alpha value is -3.35. The van der Waals surface area contributed by atoms with Crippen molar-refractivity contribution in [3.8, 4) is 22.9 Å². The first-order valence-corrected chi connectivity index (χ1v) is 9.43. The van der Waals surface area contributed by atoms with E-state index in [1.807, 2.05) is 49.4 Å². The quantitative estimate of drug-likeness (QED) is 0.623. The van der Waals surface area contributed by atoms with Crippen LogP contribution in [0.5, 0.6) is 11.5 Å². The van der Waals surface area contributed by atoms with Gasteiger partial charge in [-0.05, 0) is 54.3 Å². The Bertz CT molecular complexity index is 964. The topological polar surface area (TPSA) is 86.5 Å². The molecule has 0 unspecified atom stereocenters. The van der Waals surface area contributed by atoms with Gasteiger partial charge in [0.2, 0.25) is 11.7 Å². The van der Waals surface area contributed by atoms with Gasteiger partial charge in [0.05, 0.1) is 13.7 Å². The highest BCUT2D eigenvalue weighted by Gasteiger charge is 2.12. The SMILES string of the molecule is COc1ccc(-c2noc(CNC(=O)COc3cc(C)ccc3C(C)C)n2)cc1. The number of hydrogen-bond donors (Lipinski definition) is 1. The van der Waals surface area contributed by atoms with Gasteiger partial charge in [-0.15, -0.1) is 0 Å². The molecule has 0 atom stereocenters. The van der Waals surface area contributed by atoms with Crippen molar-refractivity contribution in [1.82, 2.24) is 15.5 Å². The van der Waals surface area contributed by atoms with E-state index >= 15 is 0 Å². The molecule has 1 N–H and O–H groups in total. The average Bonchev–Trinajstić information content (AvgIpc) is 3.19. The van der Waals surface area contributed by atoms with Crippen LogP contribution in [-0.2, 0) is 11.3 Å². The zero-order valence-corrected chi connectivity index (χ0v) is 17.1. The van der Waals surface area contributed by atoms with Crippen LogP contribution in [0.25, 0.3) is 11.4 Å². The summed E-state index contributed by atoms with van der Waals surface area (Å²) in [4.78, 5) is 16.5. The number of carbonyl (C=O) groups is 1. The molecule has 3 aromatic rings. The summed E-state index contributed by atoms with van der Waals surface area (Å²) in [5.74, 6) is 2.31. The highest BCUT2D eigenvalue weighted by atomic mass is 16.5. The Balaban J connectivity index is 1.54. The normalized spacial score (nSPS) is 10.8. The molecule has 0 aliphatic carbocycles. The molecular formula is C22H25N3O4. The fraction of sp³-hybridized carbons (Fsp3) is 0.318. The number of hydrogen-bond acceptors (Lipinski definition) is 6. The molecule has 1 aromatic heterocycles. The zero-order chi connectivity index (χ0) is 20.8. The summed E-state index contributed by atoms with van der Waals surface area (Å²) >= 11 is 0. The lowest BCUT2D eigenvalue weighted by Gasteiger charge is -2.14. The maximum atomic E-state index is 12.2. The fourth-order valence-electron chi connectivity index (χ4n) is 2.80. The number of amides is 1. The van der Waals surface area contributed by atoms with Gasteiger partial charge < -0.3 is 19.3 Å². The molecule has 0 spiro atoms. The van der Waals surface area contributed by atoms with Crippen molar-refractivity contribution in [2.75, 3.05) is 13.7 Å². The molecule has 152 valence electrons. The van der Waals surface area contributed by atoms with Crippen LogP contribution < -0.4 is 14.8 Å². The first-order valence-electron chi connectivity index (χ1n) is 9.43. The van der Waals surface area contributed by atoms with Crippen molar-refractivity contribution in [1.29, 1.82) is 0 Å². The number of rotatable bonds is 8. The summed E-state index contributed by atoms with van der Waals surface area (Å²) in [6.07, 6.45) is 0. The first-order chi connectivity index (χ1) is 14.0. The molecule has 0 aliphatic rings. The summed E-state index contributed by atoms with van der Waals surface area (Å²) in [6, 6.07) is 13.3. The zero-order valence-electron chi connectivity index (χ0n) is 17.1. The Morgan fingerprint density at radius 1 is 1.17 bits per heavy atom. The third-order valence-electron chi connectivity index (χ3n) is 4.40. The third-order valence-corrected chi connectivity index (χ3v) is 4.40. The maximum Gasteiger partial charge on any atom is 0.258 e. The molecule has 0 fully saturated rings. The van der Waals surface area contributed by atoms with Crippen molar-refractivity contribution in [2.45, 2.75) is 33.2 Å². The van der Waals surface area contributed by atoms with Crippen molar-refractivity contribution in [3.05, 3.63) is 59.5 Å². The van der Waals surface area contributed by atoms with Gasteiger partial charge in [-0.3, -0.25) is 4.79 Å². The molecular weight excluding hydrogens is 370 g/mol. The van der Waals surface area contributed by atoms with E-state index < -0.39 is 0 Å². The Morgan fingerprint density at radius 3 is 2.62 bits per heavy atom. The molecule has 1 amide bonds. The Kier molecular flexibility index (Phi) is 6.49. The van der Waals surface area contributed by atoms with Crippen molar-refractivity contribution >= 4 is 5.91 Å². The second-order valence-electron chi connectivity index (χ2n) is 7.00. The van der Waals surface area contributed by atoms with E-state index in [1.165, 1.54) is 0 Å². The maximum absolute atomic E-state index is 12.2. The molecule has 0 saturated heterocycles. The number of carbonyl (C=O) groups excluding carboxylic acids is 1. The van der Waals surface area contributed by atoms with Gasteiger partial charge in [0.1, 0.15) is 11.5 Å². The number of methoxy groups -OCH3 is 1. The van der Waals surface area contributed by atoms with E-state index in [9.17, 15) is 4.79 Å². The van der Waals surface area contributed by atoms with Crippen molar-refractivity contribution in [2.24, 2.45) is 0 Å². The highest BCUT2D eigenvalue weighted by molar-refractivity contribution is 5.77. The molecule has 0 saturated carbocycles. The molecule has 3 rings (SSSR count). The lowest BCUT2D eigenvalue weighted by atomic mass is 10.0. The fourth-order valence-corrected chi connectivity index (χ4v) is 2.80. The van der Waals surface area contributed by atoms with Gasteiger partial charge >= 0.3 is 0 Å². The van der Waals surface area contributed by atoms with Crippen LogP contribution >= 0.6 is 0 Å². The van der Waals surface area contributed by atoms with Gasteiger partial charge in [0, 0.05) is 5.56 Å². The van der Waals surface area contributed by atoms with E-state index in [0.717, 1.165) is 28.2 Å². The molecule has 7 nitrogen and oxygen atoms in total. The molecule has 1 heterocycles. The molecule has 0 bridgehead atoms. The third kappa shape index (κ3) is 5.34. The number of benzene rings is 2. The van der Waals surface area contributed by atoms with Crippen LogP contribution in [0.1, 0.15) is 36.8 Å². The minimum atomic E-state index is -0.259. The second kappa shape index (κ2) is 9.23. The van der Waals surface area contributed by atoms with Crippen LogP contribution in [0.2, 0.25) is 0 Å². The van der Waals surface area contributed by atoms with Gasteiger partial charge in [-0.25, -0.2) is 0 Å². The average molecular weight is 395 g/mol. The minimum absolute atomic E-state index is 0.0807. The second-order valence-corrected chi connectivity index (χ2v) is 7.00. The Morgan fingerprint density at radius 2 is 1.93 bits per heavy atom. The largest absolute Gasteiger partial charge is 0.497 e. The van der Waals surface area contributed by atoms with E-state index in [0.29, 0.717) is 17.6 Å². The Labute approximate surface area is 170 Å². The van der Waals surface area contributed by atoms with Crippen LogP contribution in [-0.4, -0.2) is 29.8 Å². The van der Waals surface area contributed by atoms with Crippen molar-refractivity contribution in [3.63, 3.8) is 0 Å². The lowest BCUT2D eigenvalue weighted by Crippen LogP contribution is -2.28. The van der Waals surface area contributed by atoms with Gasteiger partial charge in [-0.2, -0.15) is 4.98 Å². The molecule has 0 aliphatic heterocycles. The lowest BCUT2D eigenvalue weighted by molar-refractivity contribution is -0.123. The molecule has 29 heavy (non-hydrogen) atoms. The van der Waals surface area contributed by atoms with Crippen LogP contribution in [0.4, 0.5) is 0 Å². The first kappa shape index (κ1) is 20.4. The molecule has 7 heteroatoms. The number of nitrogens with one attached hydrogen (secondary N) is 1. The van der Waals surface area contributed by atoms with Crippen LogP contribution in [0.3, 0.4) is 0 Å². The van der Waals surface area contributed by atoms with Crippen LogP contribution in [0.15, 0.2) is 47.0 Å². The molecule has 0 radical (unpaired) electrons. The standard InChI is InChI=1S/C22H25N3O4/c1-14(2)18-10-5-15(3)11-19(18)28-13-20(26)23-12-21-24-22(25-29-21)16-6-8-17(27-4)9-7-16/h5-11,14H,12-13H2,1-4H3,(H,23,26). The summed E-state index contributed by atoms with van der Waals surface area (Å²) in [5, 5.41) is 6.68. The molecule has 2 aromatic carbocycles. The number of nitrogens with zero attached hydrogens (tertiary/aromatic N) is 2. The monoisotopic (exact) mass is 395 g/mol. The van der Waals surface area contributed by atoms with E-state index in [1.54, 1.807) is 7.11 Å². The predicted octanol–water partition coefficient (Wildman–Crippen LogP) is 3.87. The van der Waals surface area contributed by atoms with E-state index in [4.69, 9.17) is 14.0 Å². The van der Waals surface area contributed by atoms with Gasteiger partial charge in [-0.1, -0.05) is 31.1 Å². The smallest absolute Gasteiger partial charge is 0.258 e. The summed E-state index contributed by atoms with van der Waals surface area (Å²) in [6.45, 7) is 6.23. The van der Waals surface area contributed by atoms with E-state index in [2.05, 4.69) is 29.3 Å². The summed E-state index contributed by atoms with van der Waals surface area (Å²) < 4.78 is 16.1. The number of aryl methyl sites for hydroxylation is 1. The summed E-state index contributed by atoms with van der Waals surface area (Å²) in [5.41, 5.74) is 2.96. The minimum Gasteiger partial charge on any atom is -0.497 e. The van der Waals surface area contributed by atoms with E-state index in [-0.39, 0.29) is 19.1 Å². The van der Waals surface area contributed by atoms with Crippen molar-refractivity contribution < 1.29 is 18.8 Å². The number of ether oxygens (including phenoxy) is 2. The van der Waals surface area contributed by atoms with Crippen LogP contribution in [0, 0.1) is 6.92 Å². The van der Waals surface area contributed by atoms with Gasteiger partial charge in [0.15, 0.2) is 6.61 Å². The van der Waals surface area contributed by atoms with Gasteiger partial charge in [0.25, 0.3) is 5.91 Å². The predicted molar refractivity (Wildman–Crippen MR) is 109 cm³/mol.